The zero-order valence-electron chi connectivity index (χ0n) is 9.82. The van der Waals surface area contributed by atoms with Crippen LogP contribution in [0.3, 0.4) is 0 Å². The third-order valence-electron chi connectivity index (χ3n) is 2.32. The molecular formula is C11H17NO3S. The van der Waals surface area contributed by atoms with Crippen LogP contribution in [0.25, 0.3) is 0 Å². The minimum Gasteiger partial charge on any atom is -0.481 e. The van der Waals surface area contributed by atoms with Gasteiger partial charge in [-0.3, -0.25) is 9.59 Å². The van der Waals surface area contributed by atoms with Gasteiger partial charge in [-0.1, -0.05) is 32.1 Å². The zero-order chi connectivity index (χ0) is 12.3. The summed E-state index contributed by atoms with van der Waals surface area (Å²) in [5.74, 6) is -0.819. The van der Waals surface area contributed by atoms with Crippen LogP contribution >= 0.6 is 11.3 Å². The first-order valence-corrected chi connectivity index (χ1v) is 6.11. The molecule has 1 aromatic rings. The minimum absolute atomic E-state index is 0.00434. The van der Waals surface area contributed by atoms with Crippen molar-refractivity contribution in [1.29, 1.82) is 0 Å². The lowest BCUT2D eigenvalue weighted by atomic mass is 9.93. The normalized spacial score (nSPS) is 11.7. The molecule has 0 saturated carbocycles. The molecule has 0 fully saturated rings. The Kier molecular flexibility index (Phi) is 3.91. The molecule has 0 bridgehead atoms. The van der Waals surface area contributed by atoms with Crippen molar-refractivity contribution in [2.45, 2.75) is 45.6 Å². The Morgan fingerprint density at radius 3 is 2.62 bits per heavy atom. The molecule has 1 N–H and O–H groups in total. The van der Waals surface area contributed by atoms with Crippen LogP contribution in [0.15, 0.2) is 10.2 Å². The maximum absolute atomic E-state index is 11.6. The number of carboxylic acids is 1. The minimum atomic E-state index is -0.819. The molecule has 0 spiro atoms. The monoisotopic (exact) mass is 243 g/mol. The van der Waals surface area contributed by atoms with Gasteiger partial charge in [0.1, 0.15) is 0 Å². The maximum atomic E-state index is 11.6. The summed E-state index contributed by atoms with van der Waals surface area (Å²) in [6.45, 7) is 6.62. The first-order chi connectivity index (χ1) is 7.32. The molecule has 1 aromatic heterocycles. The Balaban J connectivity index is 2.83. The van der Waals surface area contributed by atoms with Gasteiger partial charge in [0.15, 0.2) is 0 Å². The standard InChI is InChI=1S/C11H17NO3S/c1-11(2,3)8-7-16-10(15)12(8)6-4-5-9(13)14/h7H,4-6H2,1-3H3,(H,13,14). The molecular weight excluding hydrogens is 226 g/mol. The number of aromatic nitrogens is 1. The number of carboxylic acid groups (broad SMARTS) is 1. The van der Waals surface area contributed by atoms with Gasteiger partial charge in [0.25, 0.3) is 0 Å². The van der Waals surface area contributed by atoms with E-state index >= 15 is 0 Å². The Bertz CT molecular complexity index is 425. The molecule has 0 amide bonds. The first kappa shape index (κ1) is 13.0. The zero-order valence-corrected chi connectivity index (χ0v) is 10.6. The van der Waals surface area contributed by atoms with E-state index < -0.39 is 5.97 Å². The molecule has 0 saturated heterocycles. The topological polar surface area (TPSA) is 59.3 Å². The second-order valence-electron chi connectivity index (χ2n) is 4.79. The van der Waals surface area contributed by atoms with Crippen LogP contribution in [0, 0.1) is 0 Å². The predicted octanol–water partition coefficient (Wildman–Crippen LogP) is 2.07. The average Bonchev–Trinajstić information content (AvgIpc) is 2.46. The third kappa shape index (κ3) is 3.20. The summed E-state index contributed by atoms with van der Waals surface area (Å²) in [6.07, 6.45) is 0.598. The molecule has 1 rings (SSSR count). The van der Waals surface area contributed by atoms with Crippen LogP contribution in [0.5, 0.6) is 0 Å². The Hall–Kier alpha value is -1.10. The maximum Gasteiger partial charge on any atom is 0.307 e. The molecule has 0 radical (unpaired) electrons. The van der Waals surface area contributed by atoms with Crippen LogP contribution in [-0.4, -0.2) is 15.6 Å². The number of nitrogens with zero attached hydrogens (tertiary/aromatic N) is 1. The highest BCUT2D eigenvalue weighted by molar-refractivity contribution is 7.07. The van der Waals surface area contributed by atoms with E-state index in [-0.39, 0.29) is 16.7 Å². The van der Waals surface area contributed by atoms with Crippen molar-refractivity contribution in [2.24, 2.45) is 0 Å². The molecule has 90 valence electrons. The SMILES string of the molecule is CC(C)(C)c1csc(=O)n1CCCC(=O)O. The van der Waals surface area contributed by atoms with Crippen LogP contribution in [0.2, 0.25) is 0 Å². The fraction of sp³-hybridized carbons (Fsp3) is 0.636. The summed E-state index contributed by atoms with van der Waals surface area (Å²) >= 11 is 1.18. The van der Waals surface area contributed by atoms with Crippen molar-refractivity contribution in [2.75, 3.05) is 0 Å². The van der Waals surface area contributed by atoms with Crippen molar-refractivity contribution in [3.63, 3.8) is 0 Å². The lowest BCUT2D eigenvalue weighted by molar-refractivity contribution is -0.137. The van der Waals surface area contributed by atoms with E-state index in [1.807, 2.05) is 26.2 Å². The second kappa shape index (κ2) is 4.82. The molecule has 0 aliphatic carbocycles. The van der Waals surface area contributed by atoms with Crippen LogP contribution in [0.4, 0.5) is 0 Å². The van der Waals surface area contributed by atoms with Gasteiger partial charge in [0, 0.05) is 29.5 Å². The largest absolute Gasteiger partial charge is 0.481 e. The summed E-state index contributed by atoms with van der Waals surface area (Å²) in [4.78, 5) is 22.0. The van der Waals surface area contributed by atoms with E-state index in [0.717, 1.165) is 5.69 Å². The van der Waals surface area contributed by atoms with Crippen molar-refractivity contribution in [3.05, 3.63) is 20.7 Å². The summed E-state index contributed by atoms with van der Waals surface area (Å²) in [5.41, 5.74) is 0.899. The first-order valence-electron chi connectivity index (χ1n) is 5.23. The molecule has 0 aliphatic rings. The van der Waals surface area contributed by atoms with Crippen molar-refractivity contribution >= 4 is 17.3 Å². The molecule has 5 heteroatoms. The molecule has 0 unspecified atom stereocenters. The van der Waals surface area contributed by atoms with Gasteiger partial charge in [-0.15, -0.1) is 0 Å². The second-order valence-corrected chi connectivity index (χ2v) is 5.61. The molecule has 16 heavy (non-hydrogen) atoms. The number of thiazole rings is 1. The highest BCUT2D eigenvalue weighted by atomic mass is 32.1. The Labute approximate surface area is 98.5 Å². The van der Waals surface area contributed by atoms with Gasteiger partial charge in [-0.25, -0.2) is 0 Å². The van der Waals surface area contributed by atoms with Gasteiger partial charge in [0.2, 0.25) is 0 Å². The van der Waals surface area contributed by atoms with Crippen LogP contribution in [0.1, 0.15) is 39.3 Å². The predicted molar refractivity (Wildman–Crippen MR) is 64.1 cm³/mol. The Morgan fingerprint density at radius 1 is 1.50 bits per heavy atom. The highest BCUT2D eigenvalue weighted by Crippen LogP contribution is 2.22. The van der Waals surface area contributed by atoms with E-state index in [1.54, 1.807) is 4.57 Å². The molecule has 0 atom stereocenters. The average molecular weight is 243 g/mol. The Morgan fingerprint density at radius 2 is 2.12 bits per heavy atom. The van der Waals surface area contributed by atoms with E-state index in [1.165, 1.54) is 11.3 Å². The van der Waals surface area contributed by atoms with Crippen LogP contribution in [-0.2, 0) is 16.8 Å². The van der Waals surface area contributed by atoms with Gasteiger partial charge in [0.05, 0.1) is 0 Å². The molecule has 0 aliphatic heterocycles. The van der Waals surface area contributed by atoms with Crippen molar-refractivity contribution in [3.8, 4) is 0 Å². The van der Waals surface area contributed by atoms with Gasteiger partial charge in [-0.05, 0) is 6.42 Å². The van der Waals surface area contributed by atoms with Gasteiger partial charge in [-0.2, -0.15) is 0 Å². The fourth-order valence-corrected chi connectivity index (χ4v) is 2.52. The van der Waals surface area contributed by atoms with E-state index in [9.17, 15) is 9.59 Å². The van der Waals surface area contributed by atoms with Gasteiger partial charge < -0.3 is 9.67 Å². The van der Waals surface area contributed by atoms with Gasteiger partial charge >= 0.3 is 10.8 Å². The summed E-state index contributed by atoms with van der Waals surface area (Å²) < 4.78 is 1.69. The lowest BCUT2D eigenvalue weighted by Crippen LogP contribution is -2.24. The van der Waals surface area contributed by atoms with Crippen molar-refractivity contribution in [1.82, 2.24) is 4.57 Å². The smallest absolute Gasteiger partial charge is 0.307 e. The summed E-state index contributed by atoms with van der Waals surface area (Å²) in [5, 5.41) is 10.4. The van der Waals surface area contributed by atoms with E-state index in [0.29, 0.717) is 13.0 Å². The number of hydrogen-bond donors (Lipinski definition) is 1. The number of aliphatic carboxylic acids is 1. The van der Waals surface area contributed by atoms with Crippen molar-refractivity contribution < 1.29 is 9.90 Å². The van der Waals surface area contributed by atoms with Crippen LogP contribution < -0.4 is 4.87 Å². The molecule has 0 aromatic carbocycles. The third-order valence-corrected chi connectivity index (χ3v) is 3.09. The quantitative estimate of drug-likeness (QED) is 0.880. The lowest BCUT2D eigenvalue weighted by Gasteiger charge is -2.20. The number of hydrogen-bond acceptors (Lipinski definition) is 3. The molecule has 1 heterocycles. The van der Waals surface area contributed by atoms with E-state index in [4.69, 9.17) is 5.11 Å². The summed E-state index contributed by atoms with van der Waals surface area (Å²) in [6, 6.07) is 0. The number of carbonyl (C=O) groups is 1. The van der Waals surface area contributed by atoms with E-state index in [2.05, 4.69) is 0 Å². The highest BCUT2D eigenvalue weighted by Gasteiger charge is 2.20. The fourth-order valence-electron chi connectivity index (χ4n) is 1.51. The molecule has 4 nitrogen and oxygen atoms in total. The number of rotatable bonds is 4. The summed E-state index contributed by atoms with van der Waals surface area (Å²) in [7, 11) is 0.